The van der Waals surface area contributed by atoms with Crippen LogP contribution in [0.5, 0.6) is 0 Å². The normalized spacial score (nSPS) is 21.9. The topological polar surface area (TPSA) is 20.2 Å². The first kappa shape index (κ1) is 14.0. The fourth-order valence-corrected chi connectivity index (χ4v) is 3.28. The molecule has 1 aliphatic carbocycles. The molecule has 1 rings (SSSR count). The van der Waals surface area contributed by atoms with Crippen LogP contribution in [-0.4, -0.2) is 11.7 Å². The molecule has 1 nitrogen and oxygen atoms in total. The lowest BCUT2D eigenvalue weighted by Gasteiger charge is -2.38. The molecule has 0 heterocycles. The van der Waals surface area contributed by atoms with Gasteiger partial charge in [0.05, 0.1) is 0 Å². The van der Waals surface area contributed by atoms with E-state index in [2.05, 4.69) is 13.8 Å². The van der Waals surface area contributed by atoms with Crippen molar-refractivity contribution in [2.75, 3.05) is 6.61 Å². The van der Waals surface area contributed by atoms with Crippen molar-refractivity contribution in [3.05, 3.63) is 0 Å². The van der Waals surface area contributed by atoms with E-state index in [1.54, 1.807) is 0 Å². The minimum absolute atomic E-state index is 0.298. The lowest BCUT2D eigenvalue weighted by molar-refractivity contribution is 0.0537. The third kappa shape index (κ3) is 4.08. The van der Waals surface area contributed by atoms with E-state index in [1.165, 1.54) is 64.2 Å². The average molecular weight is 226 g/mol. The van der Waals surface area contributed by atoms with Crippen molar-refractivity contribution in [3.8, 4) is 0 Å². The van der Waals surface area contributed by atoms with Gasteiger partial charge in [0.2, 0.25) is 0 Å². The highest BCUT2D eigenvalue weighted by molar-refractivity contribution is 4.84. The van der Waals surface area contributed by atoms with Gasteiger partial charge in [-0.1, -0.05) is 58.8 Å². The molecule has 1 aliphatic rings. The Balaban J connectivity index is 2.45. The first-order valence-corrected chi connectivity index (χ1v) is 7.37. The SMILES string of the molecule is CCCCC(CC)CC1(CO)CCCCC1. The molecule has 0 aromatic rings. The highest BCUT2D eigenvalue weighted by Crippen LogP contribution is 2.42. The first-order valence-electron chi connectivity index (χ1n) is 7.37. The van der Waals surface area contributed by atoms with Gasteiger partial charge in [-0.3, -0.25) is 0 Å². The second-order valence-electron chi connectivity index (χ2n) is 5.84. The van der Waals surface area contributed by atoms with E-state index in [1.807, 2.05) is 0 Å². The lowest BCUT2D eigenvalue weighted by atomic mass is 9.68. The third-order valence-electron chi connectivity index (χ3n) is 4.51. The highest BCUT2D eigenvalue weighted by atomic mass is 16.3. The van der Waals surface area contributed by atoms with Crippen LogP contribution in [0.1, 0.15) is 78.1 Å². The summed E-state index contributed by atoms with van der Waals surface area (Å²) in [5.41, 5.74) is 0.298. The van der Waals surface area contributed by atoms with Crippen molar-refractivity contribution in [2.45, 2.75) is 78.1 Å². The number of hydrogen-bond acceptors (Lipinski definition) is 1. The number of rotatable bonds is 7. The van der Waals surface area contributed by atoms with E-state index in [0.717, 1.165) is 5.92 Å². The van der Waals surface area contributed by atoms with E-state index in [0.29, 0.717) is 12.0 Å². The van der Waals surface area contributed by atoms with Crippen molar-refractivity contribution >= 4 is 0 Å². The molecule has 0 aromatic heterocycles. The maximum absolute atomic E-state index is 9.71. The van der Waals surface area contributed by atoms with Crippen LogP contribution in [-0.2, 0) is 0 Å². The molecule has 1 fully saturated rings. The summed E-state index contributed by atoms with van der Waals surface area (Å²) in [6.45, 7) is 5.01. The number of hydrogen-bond donors (Lipinski definition) is 1. The van der Waals surface area contributed by atoms with Gasteiger partial charge in [-0.25, -0.2) is 0 Å². The molecule has 1 unspecified atom stereocenters. The summed E-state index contributed by atoms with van der Waals surface area (Å²) in [6.07, 6.45) is 13.2. The van der Waals surface area contributed by atoms with Crippen LogP contribution in [0.4, 0.5) is 0 Å². The Labute approximate surface area is 102 Å². The maximum atomic E-state index is 9.71. The zero-order chi connectivity index (χ0) is 11.9. The van der Waals surface area contributed by atoms with Crippen LogP contribution in [0, 0.1) is 11.3 Å². The molecule has 0 radical (unpaired) electrons. The van der Waals surface area contributed by atoms with Crippen molar-refractivity contribution in [2.24, 2.45) is 11.3 Å². The Morgan fingerprint density at radius 2 is 1.81 bits per heavy atom. The second kappa shape index (κ2) is 7.32. The summed E-state index contributed by atoms with van der Waals surface area (Å²) < 4.78 is 0. The molecule has 0 aromatic carbocycles. The number of unbranched alkanes of at least 4 members (excludes halogenated alkanes) is 1. The standard InChI is InChI=1S/C15H30O/c1-3-5-9-14(4-2)12-15(13-16)10-7-6-8-11-15/h14,16H,3-13H2,1-2H3. The van der Waals surface area contributed by atoms with E-state index >= 15 is 0 Å². The molecular weight excluding hydrogens is 196 g/mol. The van der Waals surface area contributed by atoms with E-state index < -0.39 is 0 Å². The molecule has 0 saturated heterocycles. The molecule has 0 spiro atoms. The molecule has 1 N–H and O–H groups in total. The summed E-state index contributed by atoms with van der Waals surface area (Å²) in [4.78, 5) is 0. The molecule has 16 heavy (non-hydrogen) atoms. The smallest absolute Gasteiger partial charge is 0.0487 e. The van der Waals surface area contributed by atoms with Gasteiger partial charge in [-0.2, -0.15) is 0 Å². The van der Waals surface area contributed by atoms with E-state index in [4.69, 9.17) is 0 Å². The minimum Gasteiger partial charge on any atom is -0.396 e. The Hall–Kier alpha value is -0.0400. The Bertz CT molecular complexity index is 170. The molecule has 0 amide bonds. The largest absolute Gasteiger partial charge is 0.396 e. The predicted octanol–water partition coefficient (Wildman–Crippen LogP) is 4.54. The summed E-state index contributed by atoms with van der Waals surface area (Å²) in [5.74, 6) is 0.852. The number of aliphatic hydroxyl groups is 1. The lowest BCUT2D eigenvalue weighted by Crippen LogP contribution is -2.30. The third-order valence-corrected chi connectivity index (χ3v) is 4.51. The van der Waals surface area contributed by atoms with Crippen molar-refractivity contribution in [3.63, 3.8) is 0 Å². The van der Waals surface area contributed by atoms with Gasteiger partial charge >= 0.3 is 0 Å². The van der Waals surface area contributed by atoms with Crippen LogP contribution in [0.3, 0.4) is 0 Å². The van der Waals surface area contributed by atoms with Gasteiger partial charge < -0.3 is 5.11 Å². The van der Waals surface area contributed by atoms with Gasteiger partial charge in [0.25, 0.3) is 0 Å². The van der Waals surface area contributed by atoms with Gasteiger partial charge in [-0.05, 0) is 30.6 Å². The Morgan fingerprint density at radius 1 is 1.12 bits per heavy atom. The zero-order valence-corrected chi connectivity index (χ0v) is 11.3. The summed E-state index contributed by atoms with van der Waals surface area (Å²) in [6, 6.07) is 0. The van der Waals surface area contributed by atoms with Crippen molar-refractivity contribution < 1.29 is 5.11 Å². The quantitative estimate of drug-likeness (QED) is 0.676. The molecule has 1 saturated carbocycles. The molecular formula is C15H30O. The van der Waals surface area contributed by atoms with Crippen LogP contribution < -0.4 is 0 Å². The zero-order valence-electron chi connectivity index (χ0n) is 11.3. The van der Waals surface area contributed by atoms with Crippen LogP contribution >= 0.6 is 0 Å². The van der Waals surface area contributed by atoms with Gasteiger partial charge in [-0.15, -0.1) is 0 Å². The highest BCUT2D eigenvalue weighted by Gasteiger charge is 2.33. The maximum Gasteiger partial charge on any atom is 0.0487 e. The molecule has 0 aliphatic heterocycles. The number of aliphatic hydroxyl groups excluding tert-OH is 1. The summed E-state index contributed by atoms with van der Waals surface area (Å²) in [7, 11) is 0. The minimum atomic E-state index is 0.298. The predicted molar refractivity (Wildman–Crippen MR) is 70.5 cm³/mol. The molecule has 1 atom stereocenters. The van der Waals surface area contributed by atoms with Crippen LogP contribution in [0.25, 0.3) is 0 Å². The van der Waals surface area contributed by atoms with Crippen molar-refractivity contribution in [1.29, 1.82) is 0 Å². The van der Waals surface area contributed by atoms with Crippen LogP contribution in [0.15, 0.2) is 0 Å². The summed E-state index contributed by atoms with van der Waals surface area (Å²) in [5, 5.41) is 9.71. The Kier molecular flexibility index (Phi) is 6.41. The Morgan fingerprint density at radius 3 is 2.31 bits per heavy atom. The van der Waals surface area contributed by atoms with E-state index in [9.17, 15) is 5.11 Å². The van der Waals surface area contributed by atoms with Gasteiger partial charge in [0.1, 0.15) is 0 Å². The van der Waals surface area contributed by atoms with Gasteiger partial charge in [0.15, 0.2) is 0 Å². The van der Waals surface area contributed by atoms with Gasteiger partial charge in [0, 0.05) is 6.61 Å². The summed E-state index contributed by atoms with van der Waals surface area (Å²) >= 11 is 0. The fourth-order valence-electron chi connectivity index (χ4n) is 3.28. The average Bonchev–Trinajstić information content (AvgIpc) is 2.35. The molecule has 0 bridgehead atoms. The molecule has 96 valence electrons. The first-order chi connectivity index (χ1) is 7.76. The van der Waals surface area contributed by atoms with E-state index in [-0.39, 0.29) is 0 Å². The van der Waals surface area contributed by atoms with Crippen molar-refractivity contribution in [1.82, 2.24) is 0 Å². The molecule has 1 heteroatoms. The van der Waals surface area contributed by atoms with Crippen LogP contribution in [0.2, 0.25) is 0 Å². The monoisotopic (exact) mass is 226 g/mol. The fraction of sp³-hybridized carbons (Fsp3) is 1.00. The second-order valence-corrected chi connectivity index (χ2v) is 5.84.